The molecule has 0 fully saturated rings. The normalized spacial score (nSPS) is 12.2. The zero-order chi connectivity index (χ0) is 26.9. The molecule has 0 aliphatic heterocycles. The van der Waals surface area contributed by atoms with Gasteiger partial charge in [-0.05, 0) is 55.7 Å². The SMILES string of the molecule is CCCCNC(=O)C(C)N(Cc1ccc(Cl)cc1)C(=O)CCCN(c1cc(Cl)ccc1Cl)S(C)(=O)=O. The minimum atomic E-state index is -3.68. The summed E-state index contributed by atoms with van der Waals surface area (Å²) in [4.78, 5) is 27.5. The minimum absolute atomic E-state index is 0.0243. The number of amides is 2. The molecule has 1 unspecified atom stereocenters. The first kappa shape index (κ1) is 30.2. The van der Waals surface area contributed by atoms with E-state index in [-0.39, 0.29) is 48.5 Å². The van der Waals surface area contributed by atoms with Gasteiger partial charge in [-0.3, -0.25) is 13.9 Å². The summed E-state index contributed by atoms with van der Waals surface area (Å²) in [6.45, 7) is 4.49. The molecule has 36 heavy (non-hydrogen) atoms. The summed E-state index contributed by atoms with van der Waals surface area (Å²) in [6, 6.07) is 10.9. The molecule has 0 aliphatic rings. The molecule has 2 aromatic carbocycles. The van der Waals surface area contributed by atoms with Crippen LogP contribution in [0.4, 0.5) is 5.69 Å². The molecule has 11 heteroatoms. The number of hydrogen-bond donors (Lipinski definition) is 1. The van der Waals surface area contributed by atoms with Gasteiger partial charge in [-0.25, -0.2) is 8.42 Å². The summed E-state index contributed by atoms with van der Waals surface area (Å²) in [7, 11) is -3.68. The smallest absolute Gasteiger partial charge is 0.242 e. The first-order valence-corrected chi connectivity index (χ1v) is 14.7. The van der Waals surface area contributed by atoms with Gasteiger partial charge in [-0.2, -0.15) is 0 Å². The molecular weight excluding hydrogens is 545 g/mol. The number of unbranched alkanes of at least 4 members (excludes halogenated alkanes) is 1. The van der Waals surface area contributed by atoms with E-state index in [0.29, 0.717) is 16.6 Å². The average Bonchev–Trinajstić information content (AvgIpc) is 2.82. The van der Waals surface area contributed by atoms with Gasteiger partial charge in [0.1, 0.15) is 6.04 Å². The molecule has 1 atom stereocenters. The molecule has 0 aromatic heterocycles. The Morgan fingerprint density at radius 1 is 1.00 bits per heavy atom. The molecule has 0 heterocycles. The van der Waals surface area contributed by atoms with Crippen molar-refractivity contribution in [2.75, 3.05) is 23.7 Å². The van der Waals surface area contributed by atoms with Crippen LogP contribution in [0.25, 0.3) is 0 Å². The Bertz CT molecular complexity index is 1140. The number of nitrogens with one attached hydrogen (secondary N) is 1. The lowest BCUT2D eigenvalue weighted by molar-refractivity contribution is -0.140. The maximum absolute atomic E-state index is 13.3. The lowest BCUT2D eigenvalue weighted by atomic mass is 10.1. The predicted octanol–water partition coefficient (Wildman–Crippen LogP) is 5.53. The summed E-state index contributed by atoms with van der Waals surface area (Å²) in [5.74, 6) is -0.511. The Labute approximate surface area is 228 Å². The highest BCUT2D eigenvalue weighted by Gasteiger charge is 2.27. The number of hydrogen-bond acceptors (Lipinski definition) is 4. The number of rotatable bonds is 13. The molecule has 0 aliphatic carbocycles. The van der Waals surface area contributed by atoms with Crippen LogP contribution in [0.5, 0.6) is 0 Å². The van der Waals surface area contributed by atoms with Crippen LogP contribution in [0.3, 0.4) is 0 Å². The maximum atomic E-state index is 13.3. The number of nitrogens with zero attached hydrogens (tertiary/aromatic N) is 2. The van der Waals surface area contributed by atoms with Crippen LogP contribution < -0.4 is 9.62 Å². The molecular formula is C25H32Cl3N3O4S. The van der Waals surface area contributed by atoms with Crippen molar-refractivity contribution in [3.05, 3.63) is 63.1 Å². The fourth-order valence-electron chi connectivity index (χ4n) is 3.56. The molecule has 1 N–H and O–H groups in total. The number of anilines is 1. The van der Waals surface area contributed by atoms with Gasteiger partial charge in [0.05, 0.1) is 17.0 Å². The van der Waals surface area contributed by atoms with Crippen molar-refractivity contribution in [1.82, 2.24) is 10.2 Å². The lowest BCUT2D eigenvalue weighted by Gasteiger charge is -2.29. The second-order valence-corrected chi connectivity index (χ2v) is 11.7. The van der Waals surface area contributed by atoms with Gasteiger partial charge >= 0.3 is 0 Å². The van der Waals surface area contributed by atoms with E-state index in [4.69, 9.17) is 34.8 Å². The van der Waals surface area contributed by atoms with Crippen molar-refractivity contribution in [2.45, 2.75) is 52.1 Å². The first-order valence-electron chi connectivity index (χ1n) is 11.7. The van der Waals surface area contributed by atoms with Crippen molar-refractivity contribution in [2.24, 2.45) is 0 Å². The highest BCUT2D eigenvalue weighted by Crippen LogP contribution is 2.31. The molecule has 0 saturated heterocycles. The van der Waals surface area contributed by atoms with Crippen LogP contribution in [0, 0.1) is 0 Å². The quantitative estimate of drug-likeness (QED) is 0.318. The van der Waals surface area contributed by atoms with E-state index in [1.54, 1.807) is 37.3 Å². The third-order valence-corrected chi connectivity index (χ3v) is 7.58. The number of halogens is 3. The second kappa shape index (κ2) is 14.1. The fraction of sp³-hybridized carbons (Fsp3) is 0.440. The van der Waals surface area contributed by atoms with Crippen LogP contribution >= 0.6 is 34.8 Å². The van der Waals surface area contributed by atoms with Crippen LogP contribution in [-0.2, 0) is 26.2 Å². The van der Waals surface area contributed by atoms with Gasteiger partial charge in [0, 0.05) is 36.1 Å². The van der Waals surface area contributed by atoms with E-state index in [0.717, 1.165) is 29.0 Å². The summed E-state index contributed by atoms with van der Waals surface area (Å²) in [5, 5.41) is 4.02. The average molecular weight is 577 g/mol. The van der Waals surface area contributed by atoms with Gasteiger partial charge in [-0.15, -0.1) is 0 Å². The van der Waals surface area contributed by atoms with E-state index in [9.17, 15) is 18.0 Å². The zero-order valence-corrected chi connectivity index (χ0v) is 23.7. The highest BCUT2D eigenvalue weighted by molar-refractivity contribution is 7.92. The largest absolute Gasteiger partial charge is 0.354 e. The van der Waals surface area contributed by atoms with Gasteiger partial charge < -0.3 is 10.2 Å². The molecule has 0 spiro atoms. The Morgan fingerprint density at radius 3 is 2.25 bits per heavy atom. The van der Waals surface area contributed by atoms with Crippen molar-refractivity contribution >= 4 is 62.3 Å². The molecule has 198 valence electrons. The Hall–Kier alpha value is -2.00. The summed E-state index contributed by atoms with van der Waals surface area (Å²) < 4.78 is 26.1. The second-order valence-electron chi connectivity index (χ2n) is 8.50. The molecule has 2 rings (SSSR count). The molecule has 7 nitrogen and oxygen atoms in total. The van der Waals surface area contributed by atoms with Crippen molar-refractivity contribution < 1.29 is 18.0 Å². The van der Waals surface area contributed by atoms with Gasteiger partial charge in [-0.1, -0.05) is 60.3 Å². The van der Waals surface area contributed by atoms with Crippen molar-refractivity contribution in [3.8, 4) is 0 Å². The lowest BCUT2D eigenvalue weighted by Crippen LogP contribution is -2.48. The molecule has 0 bridgehead atoms. The van der Waals surface area contributed by atoms with Crippen molar-refractivity contribution in [1.29, 1.82) is 0 Å². The van der Waals surface area contributed by atoms with Crippen LogP contribution in [-0.4, -0.2) is 50.5 Å². The van der Waals surface area contributed by atoms with Crippen LogP contribution in [0.15, 0.2) is 42.5 Å². The number of benzene rings is 2. The van der Waals surface area contributed by atoms with E-state index >= 15 is 0 Å². The Balaban J connectivity index is 2.17. The molecule has 0 saturated carbocycles. The number of sulfonamides is 1. The zero-order valence-electron chi connectivity index (χ0n) is 20.6. The fourth-order valence-corrected chi connectivity index (χ4v) is 5.10. The third-order valence-electron chi connectivity index (χ3n) is 5.59. The van der Waals surface area contributed by atoms with Crippen molar-refractivity contribution in [3.63, 3.8) is 0 Å². The Kier molecular flexibility index (Phi) is 11.8. The van der Waals surface area contributed by atoms with Crippen LogP contribution in [0.2, 0.25) is 15.1 Å². The predicted molar refractivity (Wildman–Crippen MR) is 147 cm³/mol. The summed E-state index contributed by atoms with van der Waals surface area (Å²) in [5.41, 5.74) is 1.07. The number of carbonyl (C=O) groups is 2. The van der Waals surface area contributed by atoms with E-state index in [1.807, 2.05) is 6.92 Å². The van der Waals surface area contributed by atoms with Gasteiger partial charge in [0.2, 0.25) is 21.8 Å². The van der Waals surface area contributed by atoms with E-state index in [2.05, 4.69) is 5.32 Å². The standard InChI is InChI=1S/C25H32Cl3N3O4S/c1-4-5-14-29-25(33)18(2)30(17-19-8-10-20(26)11-9-19)24(32)7-6-15-31(36(3,34)35)23-16-21(27)12-13-22(23)28/h8-13,16,18H,4-7,14-15,17H2,1-3H3,(H,29,33). The summed E-state index contributed by atoms with van der Waals surface area (Å²) in [6.07, 6.45) is 3.11. The van der Waals surface area contributed by atoms with Crippen LogP contribution in [0.1, 0.15) is 45.1 Å². The molecule has 0 radical (unpaired) electrons. The van der Waals surface area contributed by atoms with E-state index < -0.39 is 16.1 Å². The minimum Gasteiger partial charge on any atom is -0.354 e. The topological polar surface area (TPSA) is 86.8 Å². The van der Waals surface area contributed by atoms with Gasteiger partial charge in [0.25, 0.3) is 0 Å². The van der Waals surface area contributed by atoms with E-state index in [1.165, 1.54) is 17.0 Å². The Morgan fingerprint density at radius 2 is 1.64 bits per heavy atom. The highest BCUT2D eigenvalue weighted by atomic mass is 35.5. The first-order chi connectivity index (χ1) is 16.9. The molecule has 2 amide bonds. The van der Waals surface area contributed by atoms with Gasteiger partial charge in [0.15, 0.2) is 0 Å². The summed E-state index contributed by atoms with van der Waals surface area (Å²) >= 11 is 18.3. The monoisotopic (exact) mass is 575 g/mol. The molecule has 2 aromatic rings. The number of carbonyl (C=O) groups excluding carboxylic acids is 2. The third kappa shape index (κ3) is 9.14. The maximum Gasteiger partial charge on any atom is 0.242 e.